The lowest BCUT2D eigenvalue weighted by Crippen LogP contribution is -2.40. The third-order valence-electron chi connectivity index (χ3n) is 2.92. The van der Waals surface area contributed by atoms with Gasteiger partial charge >= 0.3 is 0 Å². The first-order valence-corrected chi connectivity index (χ1v) is 5.56. The maximum atomic E-state index is 9.63. The number of ether oxygens (including phenoxy) is 1. The monoisotopic (exact) mass is 212 g/mol. The van der Waals surface area contributed by atoms with Crippen LogP contribution in [-0.4, -0.2) is 49.0 Å². The predicted octanol–water partition coefficient (Wildman–Crippen LogP) is 0.762. The number of nitrogens with zero attached hydrogens (tertiary/aromatic N) is 2. The Kier molecular flexibility index (Phi) is 5.62. The topological polar surface area (TPSA) is 56.5 Å². The summed E-state index contributed by atoms with van der Waals surface area (Å²) >= 11 is 0. The Morgan fingerprint density at radius 1 is 1.53 bits per heavy atom. The van der Waals surface area contributed by atoms with Crippen LogP contribution in [-0.2, 0) is 4.74 Å². The van der Waals surface area contributed by atoms with Gasteiger partial charge in [0.15, 0.2) is 0 Å². The van der Waals surface area contributed by atoms with Crippen LogP contribution in [0.3, 0.4) is 0 Å². The summed E-state index contributed by atoms with van der Waals surface area (Å²) in [6.45, 7) is 1.30. The first-order valence-electron chi connectivity index (χ1n) is 5.56. The van der Waals surface area contributed by atoms with Crippen LogP contribution in [0.15, 0.2) is 0 Å². The third-order valence-corrected chi connectivity index (χ3v) is 2.92. The van der Waals surface area contributed by atoms with Crippen molar-refractivity contribution in [1.82, 2.24) is 4.90 Å². The molecule has 1 saturated carbocycles. The number of aliphatic hydroxyl groups is 1. The lowest BCUT2D eigenvalue weighted by molar-refractivity contribution is 0.0310. The lowest BCUT2D eigenvalue weighted by atomic mass is 10.2. The van der Waals surface area contributed by atoms with E-state index in [2.05, 4.69) is 11.0 Å². The van der Waals surface area contributed by atoms with Crippen molar-refractivity contribution in [2.24, 2.45) is 0 Å². The molecule has 0 heterocycles. The van der Waals surface area contributed by atoms with Crippen molar-refractivity contribution in [3.8, 4) is 6.07 Å². The van der Waals surface area contributed by atoms with Gasteiger partial charge in [-0.3, -0.25) is 4.90 Å². The summed E-state index contributed by atoms with van der Waals surface area (Å²) in [7, 11) is 1.58. The third kappa shape index (κ3) is 4.17. The van der Waals surface area contributed by atoms with Crippen molar-refractivity contribution in [2.45, 2.75) is 37.8 Å². The molecule has 1 aliphatic rings. The van der Waals surface area contributed by atoms with Crippen LogP contribution in [0.5, 0.6) is 0 Å². The Morgan fingerprint density at radius 3 is 2.73 bits per heavy atom. The smallest absolute Gasteiger partial charge is 0.0900 e. The van der Waals surface area contributed by atoms with Crippen molar-refractivity contribution in [2.75, 3.05) is 26.8 Å². The summed E-state index contributed by atoms with van der Waals surface area (Å²) in [5.41, 5.74) is 0. The first-order chi connectivity index (χ1) is 7.27. The normalized spacial score (nSPS) is 19.3. The number of methoxy groups -OCH3 is 1. The molecule has 0 aromatic carbocycles. The molecule has 0 amide bonds. The summed E-state index contributed by atoms with van der Waals surface area (Å²) in [4.78, 5) is 2.08. The van der Waals surface area contributed by atoms with E-state index in [1.807, 2.05) is 0 Å². The molecule has 1 N–H and O–H groups in total. The minimum Gasteiger partial charge on any atom is -0.389 e. The molecule has 0 radical (unpaired) electrons. The molecule has 4 heteroatoms. The number of nitriles is 1. The molecule has 0 aromatic heterocycles. The van der Waals surface area contributed by atoms with Gasteiger partial charge in [-0.1, -0.05) is 12.8 Å². The number of aliphatic hydroxyl groups excluding tert-OH is 1. The molecule has 4 nitrogen and oxygen atoms in total. The highest BCUT2D eigenvalue weighted by Crippen LogP contribution is 2.23. The Hall–Kier alpha value is -0.630. The fourth-order valence-corrected chi connectivity index (χ4v) is 2.22. The molecule has 1 rings (SSSR count). The molecule has 0 saturated heterocycles. The predicted molar refractivity (Wildman–Crippen MR) is 57.3 cm³/mol. The fraction of sp³-hybridized carbons (Fsp3) is 0.909. The first kappa shape index (κ1) is 12.4. The van der Waals surface area contributed by atoms with E-state index < -0.39 is 6.10 Å². The minimum absolute atomic E-state index is 0.342. The van der Waals surface area contributed by atoms with Crippen molar-refractivity contribution in [3.63, 3.8) is 0 Å². The highest BCUT2D eigenvalue weighted by Gasteiger charge is 2.23. The minimum atomic E-state index is -0.482. The molecule has 0 aliphatic heterocycles. The van der Waals surface area contributed by atoms with Crippen LogP contribution in [0.25, 0.3) is 0 Å². The molecule has 86 valence electrons. The molecule has 1 atom stereocenters. The Morgan fingerprint density at radius 2 is 2.20 bits per heavy atom. The Labute approximate surface area is 91.4 Å². The van der Waals surface area contributed by atoms with Crippen molar-refractivity contribution < 1.29 is 9.84 Å². The van der Waals surface area contributed by atoms with Crippen LogP contribution >= 0.6 is 0 Å². The summed E-state index contributed by atoms with van der Waals surface area (Å²) < 4.78 is 4.89. The standard InChI is InChI=1S/C11H20N2O2/c1-15-9-11(14)8-13(7-6-12)10-4-2-3-5-10/h10-11,14H,2-5,7-9H2,1H3. The van der Waals surface area contributed by atoms with Gasteiger partial charge in [-0.15, -0.1) is 0 Å². The zero-order chi connectivity index (χ0) is 11.1. The second-order valence-electron chi connectivity index (χ2n) is 4.14. The molecule has 0 bridgehead atoms. The Balaban J connectivity index is 2.39. The van der Waals surface area contributed by atoms with Gasteiger partial charge in [-0.2, -0.15) is 5.26 Å². The molecular formula is C11H20N2O2. The molecule has 1 fully saturated rings. The molecule has 1 unspecified atom stereocenters. The average molecular weight is 212 g/mol. The zero-order valence-electron chi connectivity index (χ0n) is 9.35. The second-order valence-corrected chi connectivity index (χ2v) is 4.14. The van der Waals surface area contributed by atoms with Crippen molar-refractivity contribution in [1.29, 1.82) is 5.26 Å². The Bertz CT molecular complexity index is 209. The molecular weight excluding hydrogens is 192 g/mol. The summed E-state index contributed by atoms with van der Waals surface area (Å²) in [5.74, 6) is 0. The van der Waals surface area contributed by atoms with Crippen molar-refractivity contribution >= 4 is 0 Å². The quantitative estimate of drug-likeness (QED) is 0.660. The van der Waals surface area contributed by atoms with E-state index >= 15 is 0 Å². The van der Waals surface area contributed by atoms with Gasteiger partial charge in [0.2, 0.25) is 0 Å². The zero-order valence-corrected chi connectivity index (χ0v) is 9.35. The summed E-state index contributed by atoms with van der Waals surface area (Å²) in [6, 6.07) is 2.65. The molecule has 15 heavy (non-hydrogen) atoms. The van der Waals surface area contributed by atoms with Gasteiger partial charge in [0, 0.05) is 19.7 Å². The van der Waals surface area contributed by atoms with Crippen molar-refractivity contribution in [3.05, 3.63) is 0 Å². The van der Waals surface area contributed by atoms with E-state index in [0.717, 1.165) is 12.8 Å². The second kappa shape index (κ2) is 6.78. The lowest BCUT2D eigenvalue weighted by Gasteiger charge is -2.28. The van der Waals surface area contributed by atoms with Gasteiger partial charge in [0.1, 0.15) is 0 Å². The van der Waals surface area contributed by atoms with Crippen LogP contribution in [0.1, 0.15) is 25.7 Å². The van der Waals surface area contributed by atoms with E-state index in [0.29, 0.717) is 25.7 Å². The van der Waals surface area contributed by atoms with Crippen LogP contribution in [0.2, 0.25) is 0 Å². The highest BCUT2D eigenvalue weighted by atomic mass is 16.5. The maximum absolute atomic E-state index is 9.63. The number of hydrogen-bond donors (Lipinski definition) is 1. The van der Waals surface area contributed by atoms with Crippen LogP contribution < -0.4 is 0 Å². The molecule has 1 aliphatic carbocycles. The van der Waals surface area contributed by atoms with Gasteiger partial charge in [-0.05, 0) is 12.8 Å². The average Bonchev–Trinajstić information content (AvgIpc) is 2.70. The van der Waals surface area contributed by atoms with E-state index in [1.165, 1.54) is 12.8 Å². The SMILES string of the molecule is COCC(O)CN(CC#N)C1CCCC1. The van der Waals surface area contributed by atoms with Gasteiger partial charge in [0.05, 0.1) is 25.3 Å². The number of rotatable bonds is 6. The van der Waals surface area contributed by atoms with E-state index in [4.69, 9.17) is 10.00 Å². The van der Waals surface area contributed by atoms with Crippen LogP contribution in [0, 0.1) is 11.3 Å². The van der Waals surface area contributed by atoms with E-state index in [-0.39, 0.29) is 0 Å². The van der Waals surface area contributed by atoms with Gasteiger partial charge < -0.3 is 9.84 Å². The number of hydrogen-bond acceptors (Lipinski definition) is 4. The van der Waals surface area contributed by atoms with E-state index in [1.54, 1.807) is 7.11 Å². The van der Waals surface area contributed by atoms with Crippen LogP contribution in [0.4, 0.5) is 0 Å². The molecule has 0 spiro atoms. The molecule has 0 aromatic rings. The maximum Gasteiger partial charge on any atom is 0.0900 e. The summed E-state index contributed by atoms with van der Waals surface area (Å²) in [6.07, 6.45) is 4.31. The van der Waals surface area contributed by atoms with E-state index in [9.17, 15) is 5.11 Å². The fourth-order valence-electron chi connectivity index (χ4n) is 2.22. The highest BCUT2D eigenvalue weighted by molar-refractivity contribution is 4.85. The largest absolute Gasteiger partial charge is 0.389 e. The van der Waals surface area contributed by atoms with Gasteiger partial charge in [0.25, 0.3) is 0 Å². The summed E-state index contributed by atoms with van der Waals surface area (Å²) in [5, 5.41) is 18.4. The van der Waals surface area contributed by atoms with Gasteiger partial charge in [-0.25, -0.2) is 0 Å².